The molecule has 0 saturated carbocycles. The lowest BCUT2D eigenvalue weighted by Gasteiger charge is -2.18. The third-order valence-corrected chi connectivity index (χ3v) is 5.93. The lowest BCUT2D eigenvalue weighted by molar-refractivity contribution is 0.413. The molecule has 0 aliphatic carbocycles. The molecular formula is C24H26O3S. The first kappa shape index (κ1) is 20.2. The molecule has 0 saturated heterocycles. The molecule has 0 bridgehead atoms. The van der Waals surface area contributed by atoms with Crippen molar-refractivity contribution in [1.82, 2.24) is 0 Å². The molecule has 1 atom stereocenters. The zero-order valence-corrected chi connectivity index (χ0v) is 17.4. The molecule has 3 aromatic rings. The minimum Gasteiger partial charge on any atom is -0.497 e. The van der Waals surface area contributed by atoms with E-state index in [1.54, 1.807) is 21.3 Å². The Labute approximate surface area is 171 Å². The highest BCUT2D eigenvalue weighted by atomic mass is 32.2. The quantitative estimate of drug-likeness (QED) is 0.405. The predicted octanol–water partition coefficient (Wildman–Crippen LogP) is 6.18. The number of hydrogen-bond acceptors (Lipinski definition) is 4. The summed E-state index contributed by atoms with van der Waals surface area (Å²) in [7, 11) is 5.11. The summed E-state index contributed by atoms with van der Waals surface area (Å²) in [5.41, 5.74) is 2.54. The van der Waals surface area contributed by atoms with Crippen molar-refractivity contribution in [1.29, 1.82) is 0 Å². The van der Waals surface area contributed by atoms with E-state index in [0.29, 0.717) is 5.25 Å². The van der Waals surface area contributed by atoms with Crippen molar-refractivity contribution in [3.63, 3.8) is 0 Å². The highest BCUT2D eigenvalue weighted by molar-refractivity contribution is 7.99. The van der Waals surface area contributed by atoms with E-state index in [1.165, 1.54) is 16.0 Å². The zero-order valence-electron chi connectivity index (χ0n) is 16.6. The third kappa shape index (κ3) is 5.46. The Kier molecular flexibility index (Phi) is 7.26. The van der Waals surface area contributed by atoms with E-state index in [4.69, 9.17) is 14.2 Å². The molecule has 3 aromatic carbocycles. The fraction of sp³-hybridized carbons (Fsp3) is 0.250. The molecule has 0 aliphatic rings. The van der Waals surface area contributed by atoms with Gasteiger partial charge in [0, 0.05) is 10.1 Å². The van der Waals surface area contributed by atoms with Crippen molar-refractivity contribution < 1.29 is 14.2 Å². The number of methoxy groups -OCH3 is 3. The van der Waals surface area contributed by atoms with Crippen LogP contribution in [-0.4, -0.2) is 21.3 Å². The van der Waals surface area contributed by atoms with E-state index in [-0.39, 0.29) is 0 Å². The molecule has 4 heteroatoms. The van der Waals surface area contributed by atoms with Crippen LogP contribution in [0.5, 0.6) is 17.2 Å². The molecule has 0 spiro atoms. The second-order valence-corrected chi connectivity index (χ2v) is 7.73. The van der Waals surface area contributed by atoms with Crippen LogP contribution in [0.25, 0.3) is 0 Å². The predicted molar refractivity (Wildman–Crippen MR) is 116 cm³/mol. The Morgan fingerprint density at radius 1 is 0.714 bits per heavy atom. The van der Waals surface area contributed by atoms with Crippen LogP contribution in [0, 0.1) is 0 Å². The molecular weight excluding hydrogens is 368 g/mol. The van der Waals surface area contributed by atoms with Gasteiger partial charge in [-0.1, -0.05) is 30.3 Å². The molecule has 0 amide bonds. The van der Waals surface area contributed by atoms with Gasteiger partial charge in [-0.2, -0.15) is 0 Å². The largest absolute Gasteiger partial charge is 0.497 e. The number of ether oxygens (including phenoxy) is 3. The topological polar surface area (TPSA) is 27.7 Å². The molecule has 28 heavy (non-hydrogen) atoms. The Hall–Kier alpha value is -2.59. The van der Waals surface area contributed by atoms with Crippen LogP contribution >= 0.6 is 11.8 Å². The van der Waals surface area contributed by atoms with E-state index in [2.05, 4.69) is 42.5 Å². The SMILES string of the molecule is COc1cccc(CCC(Sc2cccc(OC)c2)c2cccc(OC)c2)c1. The first-order valence-electron chi connectivity index (χ1n) is 9.29. The fourth-order valence-corrected chi connectivity index (χ4v) is 4.29. The second-order valence-electron chi connectivity index (χ2n) is 6.45. The first-order valence-corrected chi connectivity index (χ1v) is 10.2. The van der Waals surface area contributed by atoms with Gasteiger partial charge in [-0.05, 0) is 66.4 Å². The van der Waals surface area contributed by atoms with E-state index in [1.807, 2.05) is 42.1 Å². The van der Waals surface area contributed by atoms with Gasteiger partial charge in [-0.25, -0.2) is 0 Å². The summed E-state index contributed by atoms with van der Waals surface area (Å²) in [6, 6.07) is 24.9. The van der Waals surface area contributed by atoms with Crippen molar-refractivity contribution in [3.8, 4) is 17.2 Å². The van der Waals surface area contributed by atoms with E-state index >= 15 is 0 Å². The Morgan fingerprint density at radius 2 is 1.32 bits per heavy atom. The van der Waals surface area contributed by atoms with Gasteiger partial charge in [-0.3, -0.25) is 0 Å². The Bertz CT molecular complexity index is 894. The molecule has 0 heterocycles. The summed E-state index contributed by atoms with van der Waals surface area (Å²) < 4.78 is 16.2. The number of thioether (sulfide) groups is 1. The lowest BCUT2D eigenvalue weighted by Crippen LogP contribution is -1.99. The monoisotopic (exact) mass is 394 g/mol. The normalized spacial score (nSPS) is 11.7. The minimum absolute atomic E-state index is 0.299. The van der Waals surface area contributed by atoms with Crippen molar-refractivity contribution in [2.45, 2.75) is 23.0 Å². The van der Waals surface area contributed by atoms with Crippen molar-refractivity contribution in [3.05, 3.63) is 83.9 Å². The maximum Gasteiger partial charge on any atom is 0.119 e. The second kappa shape index (κ2) is 10.1. The molecule has 3 nitrogen and oxygen atoms in total. The maximum atomic E-state index is 5.44. The molecule has 1 unspecified atom stereocenters. The average molecular weight is 395 g/mol. The highest BCUT2D eigenvalue weighted by Gasteiger charge is 2.15. The number of rotatable bonds is 9. The standard InChI is InChI=1S/C24H26O3S/c1-25-20-9-4-7-18(15-20)13-14-24(19-8-5-10-21(16-19)26-2)28-23-12-6-11-22(17-23)27-3/h4-12,15-17,24H,13-14H2,1-3H3. The number of benzene rings is 3. The highest BCUT2D eigenvalue weighted by Crippen LogP contribution is 2.40. The molecule has 146 valence electrons. The van der Waals surface area contributed by atoms with Crippen LogP contribution in [-0.2, 0) is 6.42 Å². The van der Waals surface area contributed by atoms with Crippen LogP contribution in [0.4, 0.5) is 0 Å². The number of aryl methyl sites for hydroxylation is 1. The van der Waals surface area contributed by atoms with Gasteiger partial charge in [0.15, 0.2) is 0 Å². The van der Waals surface area contributed by atoms with Gasteiger partial charge < -0.3 is 14.2 Å². The number of hydrogen-bond donors (Lipinski definition) is 0. The van der Waals surface area contributed by atoms with Crippen LogP contribution in [0.3, 0.4) is 0 Å². The van der Waals surface area contributed by atoms with Crippen molar-refractivity contribution in [2.75, 3.05) is 21.3 Å². The van der Waals surface area contributed by atoms with Gasteiger partial charge in [0.2, 0.25) is 0 Å². The van der Waals surface area contributed by atoms with Gasteiger partial charge in [0.1, 0.15) is 17.2 Å². The Morgan fingerprint density at radius 3 is 2.04 bits per heavy atom. The summed E-state index contributed by atoms with van der Waals surface area (Å²) >= 11 is 1.85. The fourth-order valence-electron chi connectivity index (χ4n) is 3.10. The molecule has 0 radical (unpaired) electrons. The average Bonchev–Trinajstić information content (AvgIpc) is 2.76. The Balaban J connectivity index is 1.82. The summed E-state index contributed by atoms with van der Waals surface area (Å²) in [6.07, 6.45) is 1.97. The van der Waals surface area contributed by atoms with Crippen LogP contribution in [0.2, 0.25) is 0 Å². The van der Waals surface area contributed by atoms with Crippen LogP contribution < -0.4 is 14.2 Å². The molecule has 0 fully saturated rings. The lowest BCUT2D eigenvalue weighted by atomic mass is 10.0. The molecule has 3 rings (SSSR count). The van der Waals surface area contributed by atoms with Gasteiger partial charge >= 0.3 is 0 Å². The van der Waals surface area contributed by atoms with E-state index in [9.17, 15) is 0 Å². The first-order chi connectivity index (χ1) is 13.7. The molecule has 0 N–H and O–H groups in total. The van der Waals surface area contributed by atoms with Gasteiger partial charge in [0.25, 0.3) is 0 Å². The van der Waals surface area contributed by atoms with E-state index in [0.717, 1.165) is 30.1 Å². The summed E-state index contributed by atoms with van der Waals surface area (Å²) in [5.74, 6) is 2.66. The summed E-state index contributed by atoms with van der Waals surface area (Å²) in [6.45, 7) is 0. The van der Waals surface area contributed by atoms with Gasteiger partial charge in [-0.15, -0.1) is 11.8 Å². The zero-order chi connectivity index (χ0) is 19.8. The third-order valence-electron chi connectivity index (χ3n) is 4.61. The maximum absolute atomic E-state index is 5.44. The summed E-state index contributed by atoms with van der Waals surface area (Å²) in [4.78, 5) is 1.19. The van der Waals surface area contributed by atoms with Gasteiger partial charge in [0.05, 0.1) is 21.3 Å². The molecule has 0 aliphatic heterocycles. The summed E-state index contributed by atoms with van der Waals surface area (Å²) in [5, 5.41) is 0.299. The smallest absolute Gasteiger partial charge is 0.119 e. The van der Waals surface area contributed by atoms with Crippen LogP contribution in [0.15, 0.2) is 77.7 Å². The molecule has 0 aromatic heterocycles. The van der Waals surface area contributed by atoms with E-state index < -0.39 is 0 Å². The van der Waals surface area contributed by atoms with Crippen LogP contribution in [0.1, 0.15) is 22.8 Å². The minimum atomic E-state index is 0.299. The van der Waals surface area contributed by atoms with Crippen molar-refractivity contribution >= 4 is 11.8 Å². The van der Waals surface area contributed by atoms with Crippen molar-refractivity contribution in [2.24, 2.45) is 0 Å².